The van der Waals surface area contributed by atoms with Crippen molar-refractivity contribution in [1.29, 1.82) is 0 Å². The summed E-state index contributed by atoms with van der Waals surface area (Å²) >= 11 is 3.51. The van der Waals surface area contributed by atoms with Crippen LogP contribution in [0.25, 0.3) is 0 Å². The summed E-state index contributed by atoms with van der Waals surface area (Å²) in [5, 5.41) is 3.25. The third-order valence-corrected chi connectivity index (χ3v) is 3.80. The van der Waals surface area contributed by atoms with Crippen LogP contribution in [0.4, 0.5) is 0 Å². The van der Waals surface area contributed by atoms with E-state index in [0.717, 1.165) is 27.1 Å². The molecule has 0 amide bonds. The fraction of sp³-hybridized carbons (Fsp3) is 0.294. The summed E-state index contributed by atoms with van der Waals surface area (Å²) in [5.41, 5.74) is 2.21. The summed E-state index contributed by atoms with van der Waals surface area (Å²) in [7, 11) is 3.63. The largest absolute Gasteiger partial charge is 0.457 e. The number of halogens is 1. The first kappa shape index (κ1) is 16.0. The highest BCUT2D eigenvalue weighted by Crippen LogP contribution is 2.32. The number of rotatable bonds is 6. The molecule has 0 heterocycles. The molecule has 0 aromatic heterocycles. The van der Waals surface area contributed by atoms with Crippen molar-refractivity contribution in [2.24, 2.45) is 0 Å². The van der Waals surface area contributed by atoms with E-state index in [1.165, 1.54) is 0 Å². The van der Waals surface area contributed by atoms with Crippen LogP contribution >= 0.6 is 15.9 Å². The molecule has 2 rings (SSSR count). The minimum atomic E-state index is 0.208. The van der Waals surface area contributed by atoms with Crippen LogP contribution in [0.5, 0.6) is 11.5 Å². The van der Waals surface area contributed by atoms with Crippen molar-refractivity contribution >= 4 is 15.9 Å². The molecule has 0 aliphatic carbocycles. The first-order valence-corrected chi connectivity index (χ1v) is 7.65. The van der Waals surface area contributed by atoms with E-state index in [4.69, 9.17) is 9.47 Å². The Morgan fingerprint density at radius 2 is 2.00 bits per heavy atom. The highest BCUT2D eigenvalue weighted by atomic mass is 79.9. The molecule has 0 saturated carbocycles. The first-order chi connectivity index (χ1) is 10.1. The van der Waals surface area contributed by atoms with Crippen LogP contribution < -0.4 is 10.1 Å². The molecular formula is C17H20BrNO2. The van der Waals surface area contributed by atoms with E-state index < -0.39 is 0 Å². The van der Waals surface area contributed by atoms with Crippen molar-refractivity contribution in [3.63, 3.8) is 0 Å². The van der Waals surface area contributed by atoms with Gasteiger partial charge in [0.1, 0.15) is 11.5 Å². The number of benzene rings is 2. The Labute approximate surface area is 134 Å². The van der Waals surface area contributed by atoms with E-state index >= 15 is 0 Å². The highest BCUT2D eigenvalue weighted by molar-refractivity contribution is 9.10. The zero-order chi connectivity index (χ0) is 15.2. The van der Waals surface area contributed by atoms with Crippen LogP contribution in [0.3, 0.4) is 0 Å². The second kappa shape index (κ2) is 7.59. The predicted molar refractivity (Wildman–Crippen MR) is 88.8 cm³/mol. The van der Waals surface area contributed by atoms with E-state index in [1.807, 2.05) is 43.4 Å². The predicted octanol–water partition coefficient (Wildman–Crippen LogP) is 4.67. The van der Waals surface area contributed by atoms with Crippen molar-refractivity contribution < 1.29 is 9.47 Å². The van der Waals surface area contributed by atoms with E-state index in [-0.39, 0.29) is 6.04 Å². The molecule has 1 atom stereocenters. The van der Waals surface area contributed by atoms with E-state index in [1.54, 1.807) is 7.11 Å². The van der Waals surface area contributed by atoms with Gasteiger partial charge >= 0.3 is 0 Å². The number of hydrogen-bond donors (Lipinski definition) is 1. The van der Waals surface area contributed by atoms with Gasteiger partial charge in [-0.15, -0.1) is 0 Å². The molecule has 0 aliphatic heterocycles. The van der Waals surface area contributed by atoms with Crippen molar-refractivity contribution in [2.45, 2.75) is 19.6 Å². The minimum Gasteiger partial charge on any atom is -0.457 e. The molecule has 0 saturated heterocycles. The summed E-state index contributed by atoms with van der Waals surface area (Å²) < 4.78 is 12.3. The van der Waals surface area contributed by atoms with Crippen molar-refractivity contribution in [3.05, 3.63) is 58.1 Å². The van der Waals surface area contributed by atoms with Crippen molar-refractivity contribution in [3.8, 4) is 11.5 Å². The molecule has 112 valence electrons. The fourth-order valence-electron chi connectivity index (χ4n) is 2.10. The molecule has 2 aromatic rings. The monoisotopic (exact) mass is 349 g/mol. The van der Waals surface area contributed by atoms with Gasteiger partial charge in [-0.2, -0.15) is 0 Å². The van der Waals surface area contributed by atoms with Crippen LogP contribution in [0.1, 0.15) is 24.1 Å². The molecule has 0 spiro atoms. The molecule has 21 heavy (non-hydrogen) atoms. The van der Waals surface area contributed by atoms with Gasteiger partial charge in [0.15, 0.2) is 0 Å². The summed E-state index contributed by atoms with van der Waals surface area (Å²) in [5.74, 6) is 1.67. The Morgan fingerprint density at radius 1 is 1.19 bits per heavy atom. The Hall–Kier alpha value is -1.36. The molecule has 2 aromatic carbocycles. The van der Waals surface area contributed by atoms with Crippen LogP contribution in [0, 0.1) is 0 Å². The zero-order valence-electron chi connectivity index (χ0n) is 12.5. The highest BCUT2D eigenvalue weighted by Gasteiger charge is 2.11. The quantitative estimate of drug-likeness (QED) is 0.821. The second-order valence-corrected chi connectivity index (χ2v) is 5.79. The van der Waals surface area contributed by atoms with Gasteiger partial charge in [-0.25, -0.2) is 0 Å². The van der Waals surface area contributed by atoms with Crippen LogP contribution in [0.15, 0.2) is 46.9 Å². The average Bonchev–Trinajstić information content (AvgIpc) is 2.49. The molecule has 0 radical (unpaired) electrons. The fourth-order valence-corrected chi connectivity index (χ4v) is 2.48. The lowest BCUT2D eigenvalue weighted by atomic mass is 10.1. The van der Waals surface area contributed by atoms with E-state index in [9.17, 15) is 0 Å². The van der Waals surface area contributed by atoms with Crippen molar-refractivity contribution in [2.75, 3.05) is 14.2 Å². The topological polar surface area (TPSA) is 30.5 Å². The Bertz CT molecular complexity index is 601. The summed E-state index contributed by atoms with van der Waals surface area (Å²) in [6, 6.07) is 14.2. The van der Waals surface area contributed by atoms with Gasteiger partial charge in [-0.05, 0) is 49.9 Å². The van der Waals surface area contributed by atoms with Gasteiger partial charge in [0.25, 0.3) is 0 Å². The van der Waals surface area contributed by atoms with E-state index in [0.29, 0.717) is 6.61 Å². The lowest BCUT2D eigenvalue weighted by Gasteiger charge is -2.17. The summed E-state index contributed by atoms with van der Waals surface area (Å²) in [4.78, 5) is 0. The van der Waals surface area contributed by atoms with Crippen LogP contribution in [-0.4, -0.2) is 14.2 Å². The normalized spacial score (nSPS) is 12.2. The summed E-state index contributed by atoms with van der Waals surface area (Å²) in [6.07, 6.45) is 0. The molecule has 1 N–H and O–H groups in total. The van der Waals surface area contributed by atoms with Gasteiger partial charge in [-0.3, -0.25) is 0 Å². The molecule has 1 unspecified atom stereocenters. The molecular weight excluding hydrogens is 330 g/mol. The smallest absolute Gasteiger partial charge is 0.132 e. The maximum absolute atomic E-state index is 6.06. The number of ether oxygens (including phenoxy) is 2. The zero-order valence-corrected chi connectivity index (χ0v) is 14.1. The molecule has 0 aliphatic rings. The van der Waals surface area contributed by atoms with E-state index in [2.05, 4.69) is 34.2 Å². The first-order valence-electron chi connectivity index (χ1n) is 6.86. The Kier molecular flexibility index (Phi) is 5.79. The number of methoxy groups -OCH3 is 1. The number of nitrogens with one attached hydrogen (secondary N) is 1. The van der Waals surface area contributed by atoms with Gasteiger partial charge < -0.3 is 14.8 Å². The average molecular weight is 350 g/mol. The van der Waals surface area contributed by atoms with Crippen molar-refractivity contribution in [1.82, 2.24) is 5.32 Å². The van der Waals surface area contributed by atoms with Gasteiger partial charge in [0.2, 0.25) is 0 Å². The standard InChI is InChI=1S/C17H20BrNO2/c1-12(19-2)16-10-14(18)7-8-17(16)21-15-6-4-5-13(9-15)11-20-3/h4-10,12,19H,11H2,1-3H3. The lowest BCUT2D eigenvalue weighted by Crippen LogP contribution is -2.13. The summed E-state index contributed by atoms with van der Waals surface area (Å²) in [6.45, 7) is 2.69. The molecule has 0 fully saturated rings. The second-order valence-electron chi connectivity index (χ2n) is 4.87. The van der Waals surface area contributed by atoms with Gasteiger partial charge in [-0.1, -0.05) is 28.1 Å². The molecule has 4 heteroatoms. The third kappa shape index (κ3) is 4.30. The maximum Gasteiger partial charge on any atom is 0.132 e. The molecule has 0 bridgehead atoms. The van der Waals surface area contributed by atoms with Crippen LogP contribution in [0.2, 0.25) is 0 Å². The van der Waals surface area contributed by atoms with Gasteiger partial charge in [0.05, 0.1) is 6.61 Å². The molecule has 3 nitrogen and oxygen atoms in total. The van der Waals surface area contributed by atoms with Crippen LogP contribution in [-0.2, 0) is 11.3 Å². The maximum atomic E-state index is 6.06. The third-order valence-electron chi connectivity index (χ3n) is 3.31. The Morgan fingerprint density at radius 3 is 2.71 bits per heavy atom. The lowest BCUT2D eigenvalue weighted by molar-refractivity contribution is 0.184. The SMILES string of the molecule is CNC(C)c1cc(Br)ccc1Oc1cccc(COC)c1. The Balaban J connectivity index is 2.28. The minimum absolute atomic E-state index is 0.208. The van der Waals surface area contributed by atoms with Gasteiger partial charge in [0, 0.05) is 23.2 Å². The number of hydrogen-bond acceptors (Lipinski definition) is 3.